The van der Waals surface area contributed by atoms with E-state index in [2.05, 4.69) is 0 Å². The Hall–Kier alpha value is -0.820. The summed E-state index contributed by atoms with van der Waals surface area (Å²) < 4.78 is 0. The number of carbonyl (C=O) groups is 1. The molecule has 0 amide bonds. The normalized spacial score (nSPS) is 9.83. The van der Waals surface area contributed by atoms with Gasteiger partial charge in [-0.1, -0.05) is 24.3 Å². The average Bonchev–Trinajstić information content (AvgIpc) is 2.04. The lowest BCUT2D eigenvalue weighted by molar-refractivity contribution is -0.116. The van der Waals surface area contributed by atoms with Crippen LogP contribution in [0.3, 0.4) is 0 Å². The molecule has 0 spiro atoms. The van der Waals surface area contributed by atoms with Gasteiger partial charge in [0.25, 0.3) is 0 Å². The smallest absolute Gasteiger partial charge is 0.134 e. The minimum Gasteiger partial charge on any atom is -0.300 e. The van der Waals surface area contributed by atoms with Crippen molar-refractivity contribution < 1.29 is 4.79 Å². The first-order chi connectivity index (χ1) is 5.74. The minimum atomic E-state index is 0.174. The van der Waals surface area contributed by atoms with Gasteiger partial charge in [0.2, 0.25) is 0 Å². The number of halogens is 1. The first kappa shape index (κ1) is 9.27. The third-order valence-electron chi connectivity index (χ3n) is 1.70. The molecule has 12 heavy (non-hydrogen) atoms. The summed E-state index contributed by atoms with van der Waals surface area (Å²) >= 11 is 5.70. The Labute approximate surface area is 77.4 Å². The Morgan fingerprint density at radius 1 is 1.33 bits per heavy atom. The topological polar surface area (TPSA) is 17.1 Å². The van der Waals surface area contributed by atoms with E-state index < -0.39 is 0 Å². The maximum absolute atomic E-state index is 10.8. The van der Waals surface area contributed by atoms with Crippen LogP contribution in [0.25, 0.3) is 0 Å². The van der Waals surface area contributed by atoms with Crippen molar-refractivity contribution in [2.45, 2.75) is 19.2 Å². The molecular formula is C10H11ClO. The van der Waals surface area contributed by atoms with Crippen molar-refractivity contribution in [2.24, 2.45) is 0 Å². The molecule has 0 heterocycles. The molecule has 0 aliphatic carbocycles. The monoisotopic (exact) mass is 182 g/mol. The molecular weight excluding hydrogens is 172 g/mol. The summed E-state index contributed by atoms with van der Waals surface area (Å²) in [4.78, 5) is 10.8. The molecule has 2 heteroatoms. The molecule has 1 aromatic rings. The molecule has 1 rings (SSSR count). The molecule has 0 aliphatic heterocycles. The first-order valence-corrected chi connectivity index (χ1v) is 4.39. The van der Waals surface area contributed by atoms with Crippen molar-refractivity contribution in [1.29, 1.82) is 0 Å². The first-order valence-electron chi connectivity index (χ1n) is 3.86. The molecule has 0 aliphatic rings. The van der Waals surface area contributed by atoms with Gasteiger partial charge in [0.1, 0.15) is 5.78 Å². The van der Waals surface area contributed by atoms with Crippen molar-refractivity contribution >= 4 is 17.4 Å². The summed E-state index contributed by atoms with van der Waals surface area (Å²) in [5.74, 6) is 0.649. The Morgan fingerprint density at radius 3 is 2.42 bits per heavy atom. The number of ketones is 1. The van der Waals surface area contributed by atoms with Crippen LogP contribution in [0, 0.1) is 0 Å². The lowest BCUT2D eigenvalue weighted by Crippen LogP contribution is -1.99. The van der Waals surface area contributed by atoms with Crippen molar-refractivity contribution in [1.82, 2.24) is 0 Å². The van der Waals surface area contributed by atoms with E-state index in [1.165, 1.54) is 0 Å². The van der Waals surface area contributed by atoms with E-state index in [1.807, 2.05) is 24.3 Å². The maximum Gasteiger partial charge on any atom is 0.134 e. The van der Waals surface area contributed by atoms with E-state index in [-0.39, 0.29) is 5.78 Å². The fourth-order valence-electron chi connectivity index (χ4n) is 1.13. The van der Waals surface area contributed by atoms with Gasteiger partial charge in [0.15, 0.2) is 0 Å². The van der Waals surface area contributed by atoms with Crippen molar-refractivity contribution in [3.05, 3.63) is 35.4 Å². The molecule has 0 aromatic heterocycles. The lowest BCUT2D eigenvalue weighted by Gasteiger charge is -2.03. The lowest BCUT2D eigenvalue weighted by atomic mass is 10.0. The average molecular weight is 183 g/mol. The molecule has 0 unspecified atom stereocenters. The second kappa shape index (κ2) is 4.27. The highest BCUT2D eigenvalue weighted by Crippen LogP contribution is 2.11. The van der Waals surface area contributed by atoms with E-state index in [0.717, 1.165) is 11.1 Å². The summed E-state index contributed by atoms with van der Waals surface area (Å²) in [6, 6.07) is 7.75. The fourth-order valence-corrected chi connectivity index (χ4v) is 1.39. The molecule has 0 saturated heterocycles. The van der Waals surface area contributed by atoms with Crippen LogP contribution >= 0.6 is 11.6 Å². The van der Waals surface area contributed by atoms with Crippen LogP contribution in [-0.2, 0) is 17.1 Å². The number of rotatable bonds is 3. The van der Waals surface area contributed by atoms with Gasteiger partial charge in [-0.3, -0.25) is 4.79 Å². The van der Waals surface area contributed by atoms with Crippen LogP contribution in [0.4, 0.5) is 0 Å². The Bertz CT molecular complexity index is 281. The molecule has 64 valence electrons. The zero-order valence-corrected chi connectivity index (χ0v) is 7.77. The second-order valence-corrected chi connectivity index (χ2v) is 3.05. The van der Waals surface area contributed by atoms with Gasteiger partial charge < -0.3 is 0 Å². The number of carbonyl (C=O) groups excluding carboxylic acids is 1. The number of benzene rings is 1. The van der Waals surface area contributed by atoms with E-state index >= 15 is 0 Å². The van der Waals surface area contributed by atoms with Crippen LogP contribution in [0.5, 0.6) is 0 Å². The zero-order chi connectivity index (χ0) is 8.97. The van der Waals surface area contributed by atoms with Gasteiger partial charge >= 0.3 is 0 Å². The second-order valence-electron chi connectivity index (χ2n) is 2.78. The van der Waals surface area contributed by atoms with Gasteiger partial charge in [0, 0.05) is 12.3 Å². The largest absolute Gasteiger partial charge is 0.300 e. The summed E-state index contributed by atoms with van der Waals surface area (Å²) in [5.41, 5.74) is 2.09. The number of Topliss-reactive ketones (excluding diaryl/α,β-unsaturated/α-hetero) is 1. The molecule has 0 fully saturated rings. The van der Waals surface area contributed by atoms with Crippen LogP contribution in [0.15, 0.2) is 24.3 Å². The quantitative estimate of drug-likeness (QED) is 0.657. The van der Waals surface area contributed by atoms with Crippen LogP contribution in [0.2, 0.25) is 0 Å². The summed E-state index contributed by atoms with van der Waals surface area (Å²) in [6.07, 6.45) is 0.489. The predicted molar refractivity (Wildman–Crippen MR) is 50.4 cm³/mol. The summed E-state index contributed by atoms with van der Waals surface area (Å²) in [6.45, 7) is 1.59. The van der Waals surface area contributed by atoms with Crippen molar-refractivity contribution in [3.63, 3.8) is 0 Å². The summed E-state index contributed by atoms with van der Waals surface area (Å²) in [5, 5.41) is 0. The Kier molecular flexibility index (Phi) is 3.30. The molecule has 1 nitrogen and oxygen atoms in total. The standard InChI is InChI=1S/C10H11ClO/c1-8(12)6-9-4-2-3-5-10(9)7-11/h2-5H,6-7H2,1H3. The summed E-state index contributed by atoms with van der Waals surface area (Å²) in [7, 11) is 0. The van der Waals surface area contributed by atoms with Gasteiger partial charge in [-0.25, -0.2) is 0 Å². The highest BCUT2D eigenvalue weighted by molar-refractivity contribution is 6.17. The number of alkyl halides is 1. The molecule has 1 aromatic carbocycles. The van der Waals surface area contributed by atoms with E-state index in [9.17, 15) is 4.79 Å². The third-order valence-corrected chi connectivity index (χ3v) is 1.99. The van der Waals surface area contributed by atoms with Gasteiger partial charge in [-0.15, -0.1) is 11.6 Å². The fraction of sp³-hybridized carbons (Fsp3) is 0.300. The third kappa shape index (κ3) is 2.35. The molecule has 0 N–H and O–H groups in total. The van der Waals surface area contributed by atoms with E-state index in [1.54, 1.807) is 6.92 Å². The molecule has 0 atom stereocenters. The molecule has 0 bridgehead atoms. The van der Waals surface area contributed by atoms with Crippen LogP contribution in [0.1, 0.15) is 18.1 Å². The van der Waals surface area contributed by atoms with Crippen molar-refractivity contribution in [3.8, 4) is 0 Å². The SMILES string of the molecule is CC(=O)Cc1ccccc1CCl. The molecule has 0 saturated carbocycles. The van der Waals surface area contributed by atoms with Crippen LogP contribution in [-0.4, -0.2) is 5.78 Å². The Balaban J connectivity index is 2.89. The number of hydrogen-bond donors (Lipinski definition) is 0. The Morgan fingerprint density at radius 2 is 1.92 bits per heavy atom. The van der Waals surface area contributed by atoms with E-state index in [0.29, 0.717) is 12.3 Å². The highest BCUT2D eigenvalue weighted by Gasteiger charge is 2.02. The maximum atomic E-state index is 10.8. The minimum absolute atomic E-state index is 0.174. The predicted octanol–water partition coefficient (Wildman–Crippen LogP) is 2.56. The number of hydrogen-bond acceptors (Lipinski definition) is 1. The van der Waals surface area contributed by atoms with Crippen molar-refractivity contribution in [2.75, 3.05) is 0 Å². The van der Waals surface area contributed by atoms with Gasteiger partial charge in [-0.05, 0) is 18.1 Å². The van der Waals surface area contributed by atoms with Gasteiger partial charge in [0.05, 0.1) is 0 Å². The van der Waals surface area contributed by atoms with Gasteiger partial charge in [-0.2, -0.15) is 0 Å². The van der Waals surface area contributed by atoms with E-state index in [4.69, 9.17) is 11.6 Å². The highest BCUT2D eigenvalue weighted by atomic mass is 35.5. The molecule has 0 radical (unpaired) electrons. The van der Waals surface area contributed by atoms with Crippen LogP contribution < -0.4 is 0 Å². The zero-order valence-electron chi connectivity index (χ0n) is 7.01.